The summed E-state index contributed by atoms with van der Waals surface area (Å²) in [5.41, 5.74) is 3.46. The molecule has 0 saturated carbocycles. The lowest BCUT2D eigenvalue weighted by molar-refractivity contribution is -0.396. The van der Waals surface area contributed by atoms with E-state index in [4.69, 9.17) is 10.5 Å². The molecule has 3 rings (SSSR count). The molecule has 0 aliphatic rings. The highest BCUT2D eigenvalue weighted by Gasteiger charge is 2.38. The molecule has 10 nitrogen and oxygen atoms in total. The lowest BCUT2D eigenvalue weighted by Crippen LogP contribution is -2.08. The maximum atomic E-state index is 13.0. The molecule has 0 unspecified atom stereocenters. The number of ether oxygens (including phenoxy) is 1. The van der Waals surface area contributed by atoms with Crippen molar-refractivity contribution in [2.75, 3.05) is 0 Å². The lowest BCUT2D eigenvalue weighted by atomic mass is 10.1. The van der Waals surface area contributed by atoms with Gasteiger partial charge in [-0.1, -0.05) is 42.1 Å². The molecule has 186 valence electrons. The van der Waals surface area contributed by atoms with Crippen LogP contribution in [0.15, 0.2) is 76.9 Å². The molecule has 0 radical (unpaired) electrons. The van der Waals surface area contributed by atoms with Crippen molar-refractivity contribution >= 4 is 34.5 Å². The fraction of sp³-hybridized carbons (Fsp3) is 0.0909. The number of nitro groups is 2. The molecule has 0 atom stereocenters. The minimum absolute atomic E-state index is 0.0838. The average Bonchev–Trinajstić information content (AvgIpc) is 2.83. The van der Waals surface area contributed by atoms with E-state index in [1.807, 2.05) is 30.3 Å². The van der Waals surface area contributed by atoms with Crippen molar-refractivity contribution in [3.05, 3.63) is 104 Å². The van der Waals surface area contributed by atoms with Crippen LogP contribution in [-0.2, 0) is 11.9 Å². The molecule has 0 aromatic heterocycles. The van der Waals surface area contributed by atoms with E-state index in [9.17, 15) is 33.4 Å². The number of halogens is 3. The number of amidine groups is 1. The van der Waals surface area contributed by atoms with Gasteiger partial charge in [0, 0.05) is 17.9 Å². The number of nitro benzene ring substituents is 2. The first kappa shape index (κ1) is 26.2. The number of thioether (sulfide) groups is 1. The van der Waals surface area contributed by atoms with E-state index in [-0.39, 0.29) is 23.0 Å². The zero-order valence-corrected chi connectivity index (χ0v) is 18.9. The first-order valence-electron chi connectivity index (χ1n) is 9.89. The number of nitrogens with zero attached hydrogens (tertiary/aromatic N) is 4. The maximum absolute atomic E-state index is 13.0. The predicted octanol–water partition coefficient (Wildman–Crippen LogP) is 5.90. The topological polar surface area (TPSA) is 146 Å². The quantitative estimate of drug-likeness (QED) is 0.169. The van der Waals surface area contributed by atoms with Crippen LogP contribution in [0.5, 0.6) is 11.5 Å². The van der Waals surface area contributed by atoms with Gasteiger partial charge in [-0.3, -0.25) is 20.2 Å². The lowest BCUT2D eigenvalue weighted by Gasteiger charge is -2.11. The van der Waals surface area contributed by atoms with Crippen molar-refractivity contribution < 1.29 is 27.8 Å². The second-order valence-electron chi connectivity index (χ2n) is 6.98. The third-order valence-electron chi connectivity index (χ3n) is 4.46. The monoisotopic (exact) mass is 519 g/mol. The summed E-state index contributed by atoms with van der Waals surface area (Å²) < 4.78 is 44.4. The first-order valence-corrected chi connectivity index (χ1v) is 10.9. The highest BCUT2D eigenvalue weighted by atomic mass is 32.2. The molecular formula is C22H16F3N5O5S. The molecule has 14 heteroatoms. The van der Waals surface area contributed by atoms with Crippen LogP contribution in [0.4, 0.5) is 24.5 Å². The standard InChI is InChI=1S/C22H16F3N5O5S/c23-22(24,25)16-10-18(29(31)32)20(19(11-16)30(33)34)35-17-8-6-14(7-9-17)12-27-28-21(26)36-13-15-4-2-1-3-5-15/h1-12H,13H2,(H2,26,28). The summed E-state index contributed by atoms with van der Waals surface area (Å²) in [4.78, 5) is 20.3. The minimum Gasteiger partial charge on any atom is -0.444 e. The van der Waals surface area contributed by atoms with Gasteiger partial charge in [0.05, 0.1) is 21.6 Å². The van der Waals surface area contributed by atoms with Gasteiger partial charge in [-0.05, 0) is 35.4 Å². The summed E-state index contributed by atoms with van der Waals surface area (Å²) in [5, 5.41) is 30.6. The second kappa shape index (κ2) is 11.3. The van der Waals surface area contributed by atoms with Crippen molar-refractivity contribution in [2.45, 2.75) is 11.9 Å². The molecule has 0 heterocycles. The summed E-state index contributed by atoms with van der Waals surface area (Å²) in [6, 6.07) is 15.5. The highest BCUT2D eigenvalue weighted by Crippen LogP contribution is 2.44. The highest BCUT2D eigenvalue weighted by molar-refractivity contribution is 8.13. The van der Waals surface area contributed by atoms with Crippen molar-refractivity contribution in [1.82, 2.24) is 0 Å². The third kappa shape index (κ3) is 7.02. The van der Waals surface area contributed by atoms with Gasteiger partial charge in [0.25, 0.3) is 5.75 Å². The predicted molar refractivity (Wildman–Crippen MR) is 128 cm³/mol. The maximum Gasteiger partial charge on any atom is 0.416 e. The molecule has 36 heavy (non-hydrogen) atoms. The van der Waals surface area contributed by atoms with Gasteiger partial charge in [0.1, 0.15) is 5.75 Å². The summed E-state index contributed by atoms with van der Waals surface area (Å²) in [6.45, 7) is 0. The average molecular weight is 519 g/mol. The Bertz CT molecular complexity index is 1280. The van der Waals surface area contributed by atoms with Crippen LogP contribution >= 0.6 is 11.8 Å². The Hall–Kier alpha value is -4.46. The number of benzene rings is 3. The van der Waals surface area contributed by atoms with E-state index in [1.54, 1.807) is 0 Å². The van der Waals surface area contributed by atoms with E-state index in [2.05, 4.69) is 10.2 Å². The molecule has 0 aliphatic heterocycles. The Morgan fingerprint density at radius 2 is 1.58 bits per heavy atom. The summed E-state index contributed by atoms with van der Waals surface area (Å²) in [5.74, 6) is -0.397. The van der Waals surface area contributed by atoms with E-state index in [0.29, 0.717) is 11.3 Å². The third-order valence-corrected chi connectivity index (χ3v) is 5.32. The Morgan fingerprint density at radius 1 is 1.00 bits per heavy atom. The summed E-state index contributed by atoms with van der Waals surface area (Å²) in [6.07, 6.45) is -3.66. The van der Waals surface area contributed by atoms with Crippen molar-refractivity contribution in [2.24, 2.45) is 15.9 Å². The van der Waals surface area contributed by atoms with Crippen LogP contribution in [0.25, 0.3) is 0 Å². The van der Waals surface area contributed by atoms with Gasteiger partial charge in [0.15, 0.2) is 5.17 Å². The Morgan fingerprint density at radius 3 is 2.11 bits per heavy atom. The number of rotatable bonds is 8. The molecule has 2 N–H and O–H groups in total. The van der Waals surface area contributed by atoms with E-state index < -0.39 is 38.7 Å². The van der Waals surface area contributed by atoms with Crippen LogP contribution in [0, 0.1) is 20.2 Å². The molecule has 0 bridgehead atoms. The normalized spacial score (nSPS) is 12.0. The molecule has 0 aliphatic carbocycles. The number of hydrogen-bond donors (Lipinski definition) is 1. The van der Waals surface area contributed by atoms with E-state index in [0.717, 1.165) is 5.56 Å². The zero-order chi connectivity index (χ0) is 26.3. The fourth-order valence-corrected chi connectivity index (χ4v) is 3.40. The summed E-state index contributed by atoms with van der Waals surface area (Å²) >= 11 is 1.29. The molecule has 3 aromatic carbocycles. The van der Waals surface area contributed by atoms with E-state index >= 15 is 0 Å². The van der Waals surface area contributed by atoms with Gasteiger partial charge in [-0.15, -0.1) is 5.10 Å². The van der Waals surface area contributed by atoms with Gasteiger partial charge in [0.2, 0.25) is 0 Å². The van der Waals surface area contributed by atoms with Gasteiger partial charge < -0.3 is 10.5 Å². The summed E-state index contributed by atoms with van der Waals surface area (Å²) in [7, 11) is 0. The number of nitrogens with two attached hydrogens (primary N) is 1. The van der Waals surface area contributed by atoms with Crippen LogP contribution in [0.2, 0.25) is 0 Å². The van der Waals surface area contributed by atoms with Crippen LogP contribution in [-0.4, -0.2) is 21.2 Å². The van der Waals surface area contributed by atoms with Crippen molar-refractivity contribution in [3.63, 3.8) is 0 Å². The van der Waals surface area contributed by atoms with Gasteiger partial charge in [-0.25, -0.2) is 0 Å². The number of hydrogen-bond acceptors (Lipinski definition) is 8. The zero-order valence-electron chi connectivity index (χ0n) is 18.1. The molecule has 0 amide bonds. The first-order chi connectivity index (χ1) is 17.0. The van der Waals surface area contributed by atoms with Gasteiger partial charge in [-0.2, -0.15) is 18.3 Å². The number of alkyl halides is 3. The minimum atomic E-state index is -5.03. The molecular weight excluding hydrogens is 503 g/mol. The Labute approximate surface area is 205 Å². The molecule has 0 fully saturated rings. The molecule has 3 aromatic rings. The Kier molecular flexibility index (Phi) is 8.22. The van der Waals surface area contributed by atoms with Gasteiger partial charge >= 0.3 is 17.6 Å². The van der Waals surface area contributed by atoms with Crippen LogP contribution in [0.1, 0.15) is 16.7 Å². The molecule has 0 saturated heterocycles. The Balaban J connectivity index is 1.75. The fourth-order valence-electron chi connectivity index (χ4n) is 2.79. The van der Waals surface area contributed by atoms with Crippen LogP contribution in [0.3, 0.4) is 0 Å². The SMILES string of the molecule is NC(=NN=Cc1ccc(Oc2c([N+](=O)[O-])cc(C(F)(F)F)cc2[N+](=O)[O-])cc1)SCc1ccccc1. The largest absolute Gasteiger partial charge is 0.444 e. The second-order valence-corrected chi connectivity index (χ2v) is 7.98. The van der Waals surface area contributed by atoms with Crippen molar-refractivity contribution in [1.29, 1.82) is 0 Å². The van der Waals surface area contributed by atoms with E-state index in [1.165, 1.54) is 42.2 Å². The van der Waals surface area contributed by atoms with Crippen LogP contribution < -0.4 is 10.5 Å². The molecule has 0 spiro atoms. The van der Waals surface area contributed by atoms with Crippen molar-refractivity contribution in [3.8, 4) is 11.5 Å². The smallest absolute Gasteiger partial charge is 0.416 e.